The summed E-state index contributed by atoms with van der Waals surface area (Å²) < 4.78 is 14.0. The van der Waals surface area contributed by atoms with Crippen LogP contribution in [0.5, 0.6) is 0 Å². The number of hydrogen-bond donors (Lipinski definition) is 3. The molecule has 1 unspecified atom stereocenters. The Morgan fingerprint density at radius 1 is 1.05 bits per heavy atom. The molecule has 2 aromatic rings. The Balaban J connectivity index is 1.25. The van der Waals surface area contributed by atoms with E-state index in [9.17, 15) is 18.8 Å². The zero-order chi connectivity index (χ0) is 29.2. The lowest BCUT2D eigenvalue weighted by Crippen LogP contribution is -2.59. The SMILES string of the molecule is CC1(NC(=O)NC(CCc2ccccc2)C(=O)N2CCC(N3C(=O)C(C)(C)c4cc(F)ccc43)CC2)CCNCC1. The molecule has 0 radical (unpaired) electrons. The molecule has 5 rings (SSSR count). The van der Waals surface area contributed by atoms with E-state index >= 15 is 0 Å². The van der Waals surface area contributed by atoms with Gasteiger partial charge in [0.15, 0.2) is 0 Å². The maximum Gasteiger partial charge on any atom is 0.315 e. The molecule has 2 fully saturated rings. The number of nitrogens with zero attached hydrogens (tertiary/aromatic N) is 2. The highest BCUT2D eigenvalue weighted by molar-refractivity contribution is 6.08. The fraction of sp³-hybridized carbons (Fsp3) is 0.531. The zero-order valence-corrected chi connectivity index (χ0v) is 24.3. The minimum absolute atomic E-state index is 0.0339. The average Bonchev–Trinajstić information content (AvgIpc) is 3.15. The second kappa shape index (κ2) is 11.8. The van der Waals surface area contributed by atoms with Crippen LogP contribution >= 0.6 is 0 Å². The van der Waals surface area contributed by atoms with Crippen LogP contribution in [0.25, 0.3) is 0 Å². The third-order valence-corrected chi connectivity index (χ3v) is 9.08. The molecule has 1 atom stereocenters. The van der Waals surface area contributed by atoms with Crippen LogP contribution in [-0.4, -0.2) is 66.5 Å². The lowest BCUT2D eigenvalue weighted by molar-refractivity contribution is -0.134. The number of likely N-dealkylation sites (tertiary alicyclic amines) is 1. The summed E-state index contributed by atoms with van der Waals surface area (Å²) in [5, 5.41) is 9.44. The van der Waals surface area contributed by atoms with Crippen molar-refractivity contribution < 1.29 is 18.8 Å². The number of benzene rings is 2. The molecule has 2 aromatic carbocycles. The Kier molecular flexibility index (Phi) is 8.36. The second-order valence-electron chi connectivity index (χ2n) is 12.5. The van der Waals surface area contributed by atoms with Gasteiger partial charge in [0, 0.05) is 30.4 Å². The van der Waals surface area contributed by atoms with Crippen molar-refractivity contribution in [3.8, 4) is 0 Å². The first-order valence-corrected chi connectivity index (χ1v) is 14.8. The van der Waals surface area contributed by atoms with Gasteiger partial charge in [-0.3, -0.25) is 9.59 Å². The van der Waals surface area contributed by atoms with Crippen molar-refractivity contribution in [2.45, 2.75) is 82.3 Å². The van der Waals surface area contributed by atoms with E-state index in [1.165, 1.54) is 12.1 Å². The lowest BCUT2D eigenvalue weighted by atomic mass is 9.86. The van der Waals surface area contributed by atoms with E-state index in [-0.39, 0.29) is 35.2 Å². The summed E-state index contributed by atoms with van der Waals surface area (Å²) in [4.78, 5) is 44.0. The van der Waals surface area contributed by atoms with E-state index < -0.39 is 11.5 Å². The summed E-state index contributed by atoms with van der Waals surface area (Å²) in [7, 11) is 0. The number of anilines is 1. The Hall–Kier alpha value is -3.46. The van der Waals surface area contributed by atoms with Crippen molar-refractivity contribution in [2.24, 2.45) is 0 Å². The second-order valence-corrected chi connectivity index (χ2v) is 12.5. The van der Waals surface area contributed by atoms with Crippen LogP contribution in [0.15, 0.2) is 48.5 Å². The van der Waals surface area contributed by atoms with Crippen molar-refractivity contribution in [3.63, 3.8) is 0 Å². The number of carbonyl (C=O) groups is 3. The average molecular weight is 564 g/mol. The first-order chi connectivity index (χ1) is 19.6. The molecule has 2 saturated heterocycles. The summed E-state index contributed by atoms with van der Waals surface area (Å²) >= 11 is 0. The number of aryl methyl sites for hydroxylation is 1. The van der Waals surface area contributed by atoms with E-state index in [2.05, 4.69) is 16.0 Å². The first kappa shape index (κ1) is 29.0. The molecule has 9 heteroatoms. The van der Waals surface area contributed by atoms with Crippen LogP contribution in [0.4, 0.5) is 14.9 Å². The fourth-order valence-electron chi connectivity index (χ4n) is 6.46. The Morgan fingerprint density at radius 3 is 2.41 bits per heavy atom. The van der Waals surface area contributed by atoms with Crippen molar-refractivity contribution in [3.05, 3.63) is 65.5 Å². The van der Waals surface area contributed by atoms with Crippen LogP contribution in [-0.2, 0) is 21.4 Å². The topological polar surface area (TPSA) is 93.8 Å². The predicted molar refractivity (Wildman–Crippen MR) is 157 cm³/mol. The molecule has 4 amide bonds. The predicted octanol–water partition coefficient (Wildman–Crippen LogP) is 3.88. The number of urea groups is 1. The molecule has 3 heterocycles. The molecule has 0 spiro atoms. The van der Waals surface area contributed by atoms with Crippen molar-refractivity contribution in [1.29, 1.82) is 0 Å². The number of hydrogen-bond acceptors (Lipinski definition) is 4. The van der Waals surface area contributed by atoms with Gasteiger partial charge in [0.05, 0.1) is 5.41 Å². The summed E-state index contributed by atoms with van der Waals surface area (Å²) in [6.45, 7) is 8.38. The molecular weight excluding hydrogens is 521 g/mol. The molecule has 0 aromatic heterocycles. The fourth-order valence-corrected chi connectivity index (χ4v) is 6.46. The number of rotatable bonds is 7. The monoisotopic (exact) mass is 563 g/mol. The number of piperidine rings is 2. The number of amides is 4. The molecular formula is C32H42FN5O3. The Morgan fingerprint density at radius 2 is 1.73 bits per heavy atom. The molecule has 0 bridgehead atoms. The highest BCUT2D eigenvalue weighted by Crippen LogP contribution is 2.44. The largest absolute Gasteiger partial charge is 0.341 e. The van der Waals surface area contributed by atoms with Gasteiger partial charge in [-0.2, -0.15) is 0 Å². The molecule has 3 N–H and O–H groups in total. The molecule has 3 aliphatic heterocycles. The minimum Gasteiger partial charge on any atom is -0.341 e. The smallest absolute Gasteiger partial charge is 0.315 e. The van der Waals surface area contributed by atoms with Crippen molar-refractivity contribution >= 4 is 23.5 Å². The molecule has 0 saturated carbocycles. The quantitative estimate of drug-likeness (QED) is 0.477. The molecule has 3 aliphatic rings. The number of nitrogens with one attached hydrogen (secondary N) is 3. The van der Waals surface area contributed by atoms with E-state index in [1.54, 1.807) is 6.07 Å². The van der Waals surface area contributed by atoms with Gasteiger partial charge in [0.1, 0.15) is 11.9 Å². The van der Waals surface area contributed by atoms with Crippen molar-refractivity contribution in [2.75, 3.05) is 31.1 Å². The van der Waals surface area contributed by atoms with E-state index in [4.69, 9.17) is 0 Å². The summed E-state index contributed by atoms with van der Waals surface area (Å²) in [6, 6.07) is 13.5. The van der Waals surface area contributed by atoms with Crippen LogP contribution in [0.1, 0.15) is 64.0 Å². The molecule has 220 valence electrons. The summed E-state index contributed by atoms with van der Waals surface area (Å²) in [5.74, 6) is -0.479. The highest BCUT2D eigenvalue weighted by Gasteiger charge is 2.47. The van der Waals surface area contributed by atoms with Gasteiger partial charge >= 0.3 is 6.03 Å². The standard InChI is InChI=1S/C32H42FN5O3/c1-31(2)25-21-23(33)10-12-27(25)38(29(31)40)24-13-19-37(20-14-24)28(39)26(11-9-22-7-5-4-6-8-22)35-30(41)36-32(3)15-17-34-18-16-32/h4-8,10,12,21,24,26,34H,9,11,13-20H2,1-3H3,(H2,35,36,41). The van der Waals surface area contributed by atoms with E-state index in [1.807, 2.05) is 60.9 Å². The van der Waals surface area contributed by atoms with E-state index in [0.29, 0.717) is 44.3 Å². The first-order valence-electron chi connectivity index (χ1n) is 14.8. The Bertz CT molecular complexity index is 1270. The number of carbonyl (C=O) groups excluding carboxylic acids is 3. The third-order valence-electron chi connectivity index (χ3n) is 9.08. The molecule has 8 nitrogen and oxygen atoms in total. The maximum atomic E-state index is 14.0. The van der Waals surface area contributed by atoms with Crippen LogP contribution < -0.4 is 20.9 Å². The van der Waals surface area contributed by atoms with Crippen LogP contribution in [0.2, 0.25) is 0 Å². The van der Waals surface area contributed by atoms with E-state index in [0.717, 1.165) is 37.2 Å². The number of fused-ring (bicyclic) bond motifs is 1. The van der Waals surface area contributed by atoms with Crippen LogP contribution in [0.3, 0.4) is 0 Å². The Labute approximate surface area is 242 Å². The summed E-state index contributed by atoms with van der Waals surface area (Å²) in [6.07, 6.45) is 4.06. The third kappa shape index (κ3) is 6.25. The normalized spacial score (nSPS) is 20.8. The van der Waals surface area contributed by atoms with Gasteiger partial charge < -0.3 is 25.8 Å². The lowest BCUT2D eigenvalue weighted by Gasteiger charge is -2.39. The van der Waals surface area contributed by atoms with Gasteiger partial charge in [-0.15, -0.1) is 0 Å². The van der Waals surface area contributed by atoms with Gasteiger partial charge in [0.25, 0.3) is 0 Å². The van der Waals surface area contributed by atoms with Gasteiger partial charge in [0.2, 0.25) is 11.8 Å². The molecule has 0 aliphatic carbocycles. The van der Waals surface area contributed by atoms with Crippen LogP contribution in [0, 0.1) is 5.82 Å². The number of halogens is 1. The van der Waals surface area contributed by atoms with Gasteiger partial charge in [-0.05, 0) is 102 Å². The highest BCUT2D eigenvalue weighted by atomic mass is 19.1. The minimum atomic E-state index is -0.796. The summed E-state index contributed by atoms with van der Waals surface area (Å²) in [5.41, 5.74) is 1.48. The maximum absolute atomic E-state index is 14.0. The van der Waals surface area contributed by atoms with Gasteiger partial charge in [-0.1, -0.05) is 30.3 Å². The van der Waals surface area contributed by atoms with Crippen molar-refractivity contribution in [1.82, 2.24) is 20.9 Å². The van der Waals surface area contributed by atoms with Gasteiger partial charge in [-0.25, -0.2) is 9.18 Å². The molecule has 41 heavy (non-hydrogen) atoms. The zero-order valence-electron chi connectivity index (χ0n) is 24.3.